The molecule has 2 aromatic carbocycles. The third-order valence-electron chi connectivity index (χ3n) is 4.65. The van der Waals surface area contributed by atoms with Gasteiger partial charge in [-0.25, -0.2) is 8.42 Å². The molecule has 1 heterocycles. The van der Waals surface area contributed by atoms with Gasteiger partial charge in [0.1, 0.15) is 0 Å². The summed E-state index contributed by atoms with van der Waals surface area (Å²) in [6, 6.07) is 12.1. The smallest absolute Gasteiger partial charge is 0.264 e. The minimum absolute atomic E-state index is 0.134. The second-order valence-electron chi connectivity index (χ2n) is 6.55. The number of benzene rings is 2. The maximum atomic E-state index is 13.0. The van der Waals surface area contributed by atoms with E-state index in [-0.39, 0.29) is 10.8 Å². The molecule has 0 radical (unpaired) electrons. The predicted octanol–water partition coefficient (Wildman–Crippen LogP) is 3.28. The van der Waals surface area contributed by atoms with E-state index in [9.17, 15) is 13.2 Å². The van der Waals surface area contributed by atoms with Crippen LogP contribution in [-0.2, 0) is 16.4 Å². The number of anilines is 1. The minimum Gasteiger partial charge on any atom is -0.352 e. The monoisotopic (exact) mass is 372 g/mol. The Morgan fingerprint density at radius 1 is 1.15 bits per heavy atom. The number of amides is 1. The Hall–Kier alpha value is -2.34. The van der Waals surface area contributed by atoms with Crippen molar-refractivity contribution >= 4 is 21.6 Å². The largest absolute Gasteiger partial charge is 0.352 e. The highest BCUT2D eigenvalue weighted by molar-refractivity contribution is 7.92. The summed E-state index contributed by atoms with van der Waals surface area (Å²) in [4.78, 5) is 12.7. The number of nitrogens with one attached hydrogen (secondary N) is 1. The van der Waals surface area contributed by atoms with E-state index in [1.165, 1.54) is 4.31 Å². The van der Waals surface area contributed by atoms with Gasteiger partial charge >= 0.3 is 0 Å². The summed E-state index contributed by atoms with van der Waals surface area (Å²) in [6.07, 6.45) is 2.47. The van der Waals surface area contributed by atoms with Crippen molar-refractivity contribution in [3.63, 3.8) is 0 Å². The van der Waals surface area contributed by atoms with Crippen LogP contribution in [0, 0.1) is 6.92 Å². The van der Waals surface area contributed by atoms with Crippen LogP contribution < -0.4 is 9.62 Å². The van der Waals surface area contributed by atoms with E-state index < -0.39 is 10.0 Å². The lowest BCUT2D eigenvalue weighted by Gasteiger charge is -2.20. The molecular formula is C20H24N2O3S. The number of unbranched alkanes of at least 4 members (excludes halogenated alkanes) is 1. The number of hydrogen-bond donors (Lipinski definition) is 1. The normalized spacial score (nSPS) is 13.5. The van der Waals surface area contributed by atoms with Crippen LogP contribution in [0.1, 0.15) is 41.3 Å². The van der Waals surface area contributed by atoms with Crippen molar-refractivity contribution in [3.8, 4) is 0 Å². The molecule has 1 aliphatic rings. The van der Waals surface area contributed by atoms with Crippen molar-refractivity contribution in [3.05, 3.63) is 59.2 Å². The zero-order chi connectivity index (χ0) is 18.7. The summed E-state index contributed by atoms with van der Waals surface area (Å²) in [5, 5.41) is 2.91. The Bertz CT molecular complexity index is 905. The van der Waals surface area contributed by atoms with E-state index in [1.807, 2.05) is 6.92 Å². The number of fused-ring (bicyclic) bond motifs is 1. The molecule has 0 saturated heterocycles. The Labute approximate surface area is 155 Å². The molecule has 0 aliphatic carbocycles. The van der Waals surface area contributed by atoms with Crippen LogP contribution in [0.15, 0.2) is 47.4 Å². The Kier molecular flexibility index (Phi) is 5.32. The van der Waals surface area contributed by atoms with Gasteiger partial charge in [-0.2, -0.15) is 0 Å². The second kappa shape index (κ2) is 7.50. The van der Waals surface area contributed by atoms with Crippen LogP contribution in [0.3, 0.4) is 0 Å². The van der Waals surface area contributed by atoms with Gasteiger partial charge in [-0.05, 0) is 49.6 Å². The first kappa shape index (κ1) is 18.5. The molecule has 0 bridgehead atoms. The van der Waals surface area contributed by atoms with Gasteiger partial charge in [0.05, 0.1) is 10.6 Å². The van der Waals surface area contributed by atoms with Crippen molar-refractivity contribution in [2.24, 2.45) is 0 Å². The number of aryl methyl sites for hydroxylation is 1. The average molecular weight is 372 g/mol. The highest BCUT2D eigenvalue weighted by Gasteiger charge is 2.32. The third-order valence-corrected chi connectivity index (χ3v) is 6.48. The van der Waals surface area contributed by atoms with E-state index in [4.69, 9.17) is 0 Å². The molecule has 2 aromatic rings. The summed E-state index contributed by atoms with van der Waals surface area (Å²) in [7, 11) is -3.63. The van der Waals surface area contributed by atoms with Gasteiger partial charge in [-0.3, -0.25) is 9.10 Å². The molecule has 0 saturated carbocycles. The number of rotatable bonds is 6. The molecular weight excluding hydrogens is 348 g/mol. The molecule has 6 heteroatoms. The predicted molar refractivity (Wildman–Crippen MR) is 103 cm³/mol. The molecule has 138 valence electrons. The van der Waals surface area contributed by atoms with Crippen LogP contribution in [0.25, 0.3) is 0 Å². The lowest BCUT2D eigenvalue weighted by atomic mass is 10.0. The fraction of sp³-hybridized carbons (Fsp3) is 0.350. The number of nitrogens with zero attached hydrogens (tertiary/aromatic N) is 1. The van der Waals surface area contributed by atoms with E-state index in [0.29, 0.717) is 30.8 Å². The van der Waals surface area contributed by atoms with Crippen molar-refractivity contribution in [1.29, 1.82) is 0 Å². The fourth-order valence-corrected chi connectivity index (χ4v) is 4.67. The molecule has 0 spiro atoms. The highest BCUT2D eigenvalue weighted by atomic mass is 32.2. The average Bonchev–Trinajstić information content (AvgIpc) is 3.07. The summed E-state index contributed by atoms with van der Waals surface area (Å²) >= 11 is 0. The molecule has 1 N–H and O–H groups in total. The van der Waals surface area contributed by atoms with Gasteiger partial charge < -0.3 is 5.32 Å². The molecule has 3 rings (SSSR count). The number of carbonyl (C=O) groups excluding carboxylic acids is 1. The van der Waals surface area contributed by atoms with Crippen molar-refractivity contribution < 1.29 is 13.2 Å². The molecule has 0 fully saturated rings. The van der Waals surface area contributed by atoms with Crippen LogP contribution in [0.5, 0.6) is 0 Å². The Balaban J connectivity index is 1.91. The summed E-state index contributed by atoms with van der Waals surface area (Å²) in [6.45, 7) is 4.97. The lowest BCUT2D eigenvalue weighted by Crippen LogP contribution is -2.29. The fourth-order valence-electron chi connectivity index (χ4n) is 3.18. The first-order valence-electron chi connectivity index (χ1n) is 8.94. The van der Waals surface area contributed by atoms with E-state index in [0.717, 1.165) is 24.0 Å². The van der Waals surface area contributed by atoms with Gasteiger partial charge in [0, 0.05) is 18.7 Å². The van der Waals surface area contributed by atoms with Crippen LogP contribution >= 0.6 is 0 Å². The minimum atomic E-state index is -3.63. The Morgan fingerprint density at radius 3 is 2.58 bits per heavy atom. The molecule has 0 unspecified atom stereocenters. The van der Waals surface area contributed by atoms with E-state index in [2.05, 4.69) is 12.2 Å². The summed E-state index contributed by atoms with van der Waals surface area (Å²) in [5.74, 6) is -0.134. The van der Waals surface area contributed by atoms with Gasteiger partial charge in [-0.15, -0.1) is 0 Å². The number of carbonyl (C=O) groups is 1. The van der Waals surface area contributed by atoms with Crippen molar-refractivity contribution in [2.45, 2.75) is 38.0 Å². The number of hydrogen-bond acceptors (Lipinski definition) is 3. The van der Waals surface area contributed by atoms with Crippen molar-refractivity contribution in [2.75, 3.05) is 17.4 Å². The van der Waals surface area contributed by atoms with Crippen LogP contribution in [-0.4, -0.2) is 27.4 Å². The maximum Gasteiger partial charge on any atom is 0.264 e. The molecule has 1 aliphatic heterocycles. The standard InChI is InChI=1S/C20H24N2O3S/c1-3-4-13-21-20(23)18-6-5-7-19-17(18)12-14-22(19)26(24,25)16-10-8-15(2)9-11-16/h5-11H,3-4,12-14H2,1-2H3,(H,21,23). The summed E-state index contributed by atoms with van der Waals surface area (Å²) < 4.78 is 27.5. The third kappa shape index (κ3) is 3.46. The molecule has 1 amide bonds. The first-order chi connectivity index (χ1) is 12.4. The van der Waals surface area contributed by atoms with Crippen molar-refractivity contribution in [1.82, 2.24) is 5.32 Å². The van der Waals surface area contributed by atoms with Crippen LogP contribution in [0.2, 0.25) is 0 Å². The zero-order valence-corrected chi connectivity index (χ0v) is 16.0. The van der Waals surface area contributed by atoms with Gasteiger partial charge in [0.25, 0.3) is 15.9 Å². The molecule has 5 nitrogen and oxygen atoms in total. The second-order valence-corrected chi connectivity index (χ2v) is 8.42. The lowest BCUT2D eigenvalue weighted by molar-refractivity contribution is 0.0952. The van der Waals surface area contributed by atoms with Gasteiger partial charge in [-0.1, -0.05) is 37.1 Å². The first-order valence-corrected chi connectivity index (χ1v) is 10.4. The number of sulfonamides is 1. The highest BCUT2D eigenvalue weighted by Crippen LogP contribution is 2.35. The quantitative estimate of drug-likeness (QED) is 0.792. The van der Waals surface area contributed by atoms with Crippen LogP contribution in [0.4, 0.5) is 5.69 Å². The SMILES string of the molecule is CCCCNC(=O)c1cccc2c1CCN2S(=O)(=O)c1ccc(C)cc1. The molecule has 0 aromatic heterocycles. The van der Waals surface area contributed by atoms with E-state index >= 15 is 0 Å². The molecule has 0 atom stereocenters. The topological polar surface area (TPSA) is 66.5 Å². The summed E-state index contributed by atoms with van der Waals surface area (Å²) in [5.41, 5.74) is 2.99. The molecule has 26 heavy (non-hydrogen) atoms. The maximum absolute atomic E-state index is 13.0. The van der Waals surface area contributed by atoms with E-state index in [1.54, 1.807) is 42.5 Å². The Morgan fingerprint density at radius 2 is 1.88 bits per heavy atom. The van der Waals surface area contributed by atoms with Gasteiger partial charge in [0.15, 0.2) is 0 Å². The zero-order valence-electron chi connectivity index (χ0n) is 15.2. The van der Waals surface area contributed by atoms with Gasteiger partial charge in [0.2, 0.25) is 0 Å².